The van der Waals surface area contributed by atoms with Crippen molar-refractivity contribution in [2.24, 2.45) is 0 Å². The lowest BCUT2D eigenvalue weighted by Crippen LogP contribution is -2.26. The van der Waals surface area contributed by atoms with Crippen molar-refractivity contribution < 1.29 is 22.8 Å². The molecule has 2 heterocycles. The van der Waals surface area contributed by atoms with Crippen molar-refractivity contribution in [2.75, 3.05) is 7.05 Å². The van der Waals surface area contributed by atoms with Crippen molar-refractivity contribution in [3.05, 3.63) is 41.5 Å². The van der Waals surface area contributed by atoms with Gasteiger partial charge in [0.1, 0.15) is 16.3 Å². The van der Waals surface area contributed by atoms with Crippen LogP contribution in [0.15, 0.2) is 33.8 Å². The van der Waals surface area contributed by atoms with Gasteiger partial charge in [-0.1, -0.05) is 5.16 Å². The molecule has 0 radical (unpaired) electrons. The Morgan fingerprint density at radius 3 is 2.62 bits per heavy atom. The van der Waals surface area contributed by atoms with E-state index in [0.29, 0.717) is 11.5 Å². The standard InChI is InChI=1S/C12H13N3O5S/c1-8-5-9(14-20-8)7-15(2)21(18,19)10-3-4-11(12(16)17)13-6-10/h3-6H,7H2,1-2H3,(H,16,17). The summed E-state index contributed by atoms with van der Waals surface area (Å²) in [6.45, 7) is 1.75. The fraction of sp³-hybridized carbons (Fsp3) is 0.250. The Bertz CT molecular complexity index is 751. The average Bonchev–Trinajstić information content (AvgIpc) is 2.84. The summed E-state index contributed by atoms with van der Waals surface area (Å²) in [5, 5.41) is 12.5. The molecule has 0 unspecified atom stereocenters. The first-order chi connectivity index (χ1) is 9.80. The smallest absolute Gasteiger partial charge is 0.354 e. The third-order valence-corrected chi connectivity index (χ3v) is 4.51. The number of hydrogen-bond donors (Lipinski definition) is 1. The van der Waals surface area contributed by atoms with Crippen LogP contribution in [0.5, 0.6) is 0 Å². The molecule has 0 spiro atoms. The van der Waals surface area contributed by atoms with Gasteiger partial charge < -0.3 is 9.63 Å². The van der Waals surface area contributed by atoms with Gasteiger partial charge in [0.25, 0.3) is 0 Å². The Morgan fingerprint density at radius 1 is 1.43 bits per heavy atom. The summed E-state index contributed by atoms with van der Waals surface area (Å²) < 4.78 is 30.6. The molecule has 0 bridgehead atoms. The second kappa shape index (κ2) is 5.62. The normalized spacial score (nSPS) is 11.8. The maximum Gasteiger partial charge on any atom is 0.354 e. The number of hydrogen-bond acceptors (Lipinski definition) is 6. The number of carbonyl (C=O) groups is 1. The van der Waals surface area contributed by atoms with Crippen LogP contribution in [0.1, 0.15) is 21.9 Å². The van der Waals surface area contributed by atoms with Crippen LogP contribution in [0.4, 0.5) is 0 Å². The lowest BCUT2D eigenvalue weighted by molar-refractivity contribution is 0.0690. The van der Waals surface area contributed by atoms with E-state index in [1.54, 1.807) is 13.0 Å². The maximum atomic E-state index is 12.3. The van der Waals surface area contributed by atoms with Gasteiger partial charge in [0.2, 0.25) is 10.0 Å². The quantitative estimate of drug-likeness (QED) is 0.872. The Morgan fingerprint density at radius 2 is 2.14 bits per heavy atom. The Labute approximate surface area is 121 Å². The van der Waals surface area contributed by atoms with Crippen LogP contribution in [0.2, 0.25) is 0 Å². The van der Waals surface area contributed by atoms with Crippen LogP contribution in [-0.4, -0.2) is 41.0 Å². The predicted octanol–water partition coefficient (Wildman–Crippen LogP) is 0.897. The third-order valence-electron chi connectivity index (χ3n) is 2.73. The minimum atomic E-state index is -3.77. The molecule has 0 fully saturated rings. The monoisotopic (exact) mass is 311 g/mol. The topological polar surface area (TPSA) is 114 Å². The fourth-order valence-corrected chi connectivity index (χ4v) is 2.73. The first-order valence-electron chi connectivity index (χ1n) is 5.88. The van der Waals surface area contributed by atoms with E-state index in [4.69, 9.17) is 9.63 Å². The third kappa shape index (κ3) is 3.26. The van der Waals surface area contributed by atoms with Crippen molar-refractivity contribution >= 4 is 16.0 Å². The van der Waals surface area contributed by atoms with Crippen LogP contribution >= 0.6 is 0 Å². The molecule has 2 aromatic rings. The molecular formula is C12H13N3O5S. The molecule has 21 heavy (non-hydrogen) atoms. The zero-order valence-electron chi connectivity index (χ0n) is 11.3. The van der Waals surface area contributed by atoms with E-state index < -0.39 is 16.0 Å². The van der Waals surface area contributed by atoms with E-state index >= 15 is 0 Å². The van der Waals surface area contributed by atoms with Gasteiger partial charge in [0, 0.05) is 19.3 Å². The molecule has 1 N–H and O–H groups in total. The predicted molar refractivity (Wildman–Crippen MR) is 71.1 cm³/mol. The highest BCUT2D eigenvalue weighted by Gasteiger charge is 2.22. The fourth-order valence-electron chi connectivity index (χ4n) is 1.64. The Kier molecular flexibility index (Phi) is 4.05. The summed E-state index contributed by atoms with van der Waals surface area (Å²) in [5.41, 5.74) is 0.261. The molecule has 0 saturated carbocycles. The van der Waals surface area contributed by atoms with Crippen molar-refractivity contribution in [1.29, 1.82) is 0 Å². The van der Waals surface area contributed by atoms with Crippen LogP contribution < -0.4 is 0 Å². The minimum absolute atomic E-state index is 0.0420. The SMILES string of the molecule is Cc1cc(CN(C)S(=O)(=O)c2ccc(C(=O)O)nc2)no1. The van der Waals surface area contributed by atoms with Crippen LogP contribution in [0.3, 0.4) is 0 Å². The van der Waals surface area contributed by atoms with Crippen molar-refractivity contribution in [1.82, 2.24) is 14.4 Å². The van der Waals surface area contributed by atoms with Crippen molar-refractivity contribution in [3.63, 3.8) is 0 Å². The number of aromatic carboxylic acids is 1. The van der Waals surface area contributed by atoms with E-state index in [0.717, 1.165) is 16.6 Å². The largest absolute Gasteiger partial charge is 0.477 e. The van der Waals surface area contributed by atoms with Crippen LogP contribution in [-0.2, 0) is 16.6 Å². The zero-order valence-corrected chi connectivity index (χ0v) is 12.2. The zero-order chi connectivity index (χ0) is 15.6. The molecule has 0 aromatic carbocycles. The molecule has 0 saturated heterocycles. The number of aryl methyl sites for hydroxylation is 1. The van der Waals surface area contributed by atoms with Crippen LogP contribution in [0, 0.1) is 6.92 Å². The molecule has 0 aliphatic rings. The summed E-state index contributed by atoms with van der Waals surface area (Å²) in [6, 6.07) is 3.98. The number of carboxylic acids is 1. The maximum absolute atomic E-state index is 12.3. The molecule has 112 valence electrons. The molecule has 9 heteroatoms. The average molecular weight is 311 g/mol. The van der Waals surface area contributed by atoms with Gasteiger partial charge in [-0.15, -0.1) is 0 Å². The first kappa shape index (κ1) is 15.1. The molecule has 0 amide bonds. The summed E-state index contributed by atoms with van der Waals surface area (Å²) in [6.07, 6.45) is 1.02. The van der Waals surface area contributed by atoms with E-state index in [1.165, 1.54) is 13.1 Å². The van der Waals surface area contributed by atoms with Gasteiger partial charge in [-0.3, -0.25) is 0 Å². The number of carboxylic acid groups (broad SMARTS) is 1. The van der Waals surface area contributed by atoms with Gasteiger partial charge in [-0.05, 0) is 19.1 Å². The molecular weight excluding hydrogens is 298 g/mol. The lowest BCUT2D eigenvalue weighted by atomic mass is 10.4. The highest BCUT2D eigenvalue weighted by atomic mass is 32.2. The molecule has 2 aromatic heterocycles. The number of pyridine rings is 1. The molecule has 0 aliphatic carbocycles. The second-order valence-corrected chi connectivity index (χ2v) is 6.42. The van der Waals surface area contributed by atoms with Gasteiger partial charge in [-0.2, -0.15) is 4.31 Å². The van der Waals surface area contributed by atoms with Crippen LogP contribution in [0.25, 0.3) is 0 Å². The summed E-state index contributed by atoms with van der Waals surface area (Å²) >= 11 is 0. The molecule has 2 rings (SSSR count). The molecule has 0 aliphatic heterocycles. The minimum Gasteiger partial charge on any atom is -0.477 e. The first-order valence-corrected chi connectivity index (χ1v) is 7.32. The molecule has 8 nitrogen and oxygen atoms in total. The second-order valence-electron chi connectivity index (χ2n) is 4.37. The summed E-state index contributed by atoms with van der Waals surface area (Å²) in [5.74, 6) is -0.631. The van der Waals surface area contributed by atoms with Crippen molar-refractivity contribution in [2.45, 2.75) is 18.4 Å². The van der Waals surface area contributed by atoms with Gasteiger partial charge >= 0.3 is 5.97 Å². The van der Waals surface area contributed by atoms with Gasteiger partial charge in [0.15, 0.2) is 0 Å². The van der Waals surface area contributed by atoms with Gasteiger partial charge in [0.05, 0.1) is 12.2 Å². The number of aromatic nitrogens is 2. The van der Waals surface area contributed by atoms with Crippen molar-refractivity contribution in [3.8, 4) is 0 Å². The number of rotatable bonds is 5. The highest BCUT2D eigenvalue weighted by molar-refractivity contribution is 7.89. The Hall–Kier alpha value is -2.26. The summed E-state index contributed by atoms with van der Waals surface area (Å²) in [4.78, 5) is 14.2. The Balaban J connectivity index is 2.22. The number of sulfonamides is 1. The van der Waals surface area contributed by atoms with E-state index in [2.05, 4.69) is 10.1 Å². The van der Waals surface area contributed by atoms with E-state index in [1.807, 2.05) is 0 Å². The number of nitrogens with zero attached hydrogens (tertiary/aromatic N) is 3. The lowest BCUT2D eigenvalue weighted by Gasteiger charge is -2.15. The van der Waals surface area contributed by atoms with E-state index in [9.17, 15) is 13.2 Å². The van der Waals surface area contributed by atoms with Gasteiger partial charge in [-0.25, -0.2) is 18.2 Å². The summed E-state index contributed by atoms with van der Waals surface area (Å²) in [7, 11) is -2.38. The highest BCUT2D eigenvalue weighted by Crippen LogP contribution is 2.16. The molecule has 0 atom stereocenters. The van der Waals surface area contributed by atoms with E-state index in [-0.39, 0.29) is 17.1 Å².